The van der Waals surface area contributed by atoms with Crippen LogP contribution in [0.3, 0.4) is 0 Å². The van der Waals surface area contributed by atoms with Gasteiger partial charge in [-0.1, -0.05) is 56.2 Å². The van der Waals surface area contributed by atoms with Crippen LogP contribution in [0.15, 0.2) is 58.3 Å². The van der Waals surface area contributed by atoms with Crippen molar-refractivity contribution in [3.8, 4) is 5.75 Å². The van der Waals surface area contributed by atoms with E-state index in [1.807, 2.05) is 30.1 Å². The second-order valence-corrected chi connectivity index (χ2v) is 11.4. The largest absolute Gasteiger partial charge is 0.465 e. The fraction of sp³-hybridized carbons (Fsp3) is 0.444. The van der Waals surface area contributed by atoms with E-state index in [0.29, 0.717) is 18.0 Å². The number of nitrogens with zero attached hydrogens (tertiary/aromatic N) is 1. The number of esters is 1. The molecule has 3 N–H and O–H groups in total. The summed E-state index contributed by atoms with van der Waals surface area (Å²) in [5, 5.41) is 14.6. The van der Waals surface area contributed by atoms with Crippen LogP contribution in [0.1, 0.15) is 45.8 Å². The second-order valence-electron chi connectivity index (χ2n) is 9.66. The normalized spacial score (nSPS) is 20.9. The smallest absolute Gasteiger partial charge is 0.459 e. The maximum absolute atomic E-state index is 14.0. The van der Waals surface area contributed by atoms with Crippen molar-refractivity contribution in [1.82, 2.24) is 14.6 Å². The molecule has 1 saturated heterocycles. The monoisotopic (exact) mass is 593 g/mol. The molecule has 41 heavy (non-hydrogen) atoms. The molecule has 5 atom stereocenters. The van der Waals surface area contributed by atoms with Gasteiger partial charge in [-0.05, 0) is 24.8 Å². The number of halogens is 1. The summed E-state index contributed by atoms with van der Waals surface area (Å²) < 4.78 is 51.1. The number of fused-ring (bicyclic) bond motifs is 1. The van der Waals surface area contributed by atoms with Crippen molar-refractivity contribution in [3.05, 3.63) is 75.3 Å². The van der Waals surface area contributed by atoms with E-state index in [1.165, 1.54) is 6.92 Å². The molecule has 1 aliphatic rings. The average molecular weight is 594 g/mol. The van der Waals surface area contributed by atoms with E-state index in [4.69, 9.17) is 18.5 Å². The molecule has 4 rings (SSSR count). The highest BCUT2D eigenvalue weighted by Crippen LogP contribution is 2.47. The number of ether oxygens (including phenoxy) is 2. The standard InChI is InChI=1S/C27H33FN3O9P/c1-3-4-7-13-37-26(34)17(2)30-41(36,40-22-12-8-10-18-9-5-6-11-19(18)22)38-16-23-21(32)14-24(39-23)31-15-20(28)25(33)29-27(31)35/h5-6,8-12,15,17,21,23-24,32H,3-4,7,13-14,16H2,1-2H3,(H,30,36)(H,29,33,35)/t17-,21+,23+,24+,41?/m0/s1. The number of benzene rings is 2. The van der Waals surface area contributed by atoms with Gasteiger partial charge >= 0.3 is 19.4 Å². The van der Waals surface area contributed by atoms with E-state index in [0.717, 1.165) is 22.8 Å². The molecule has 0 spiro atoms. The molecule has 0 amide bonds. The minimum Gasteiger partial charge on any atom is -0.465 e. The molecule has 2 heterocycles. The molecule has 2 aromatic carbocycles. The van der Waals surface area contributed by atoms with E-state index < -0.39 is 61.9 Å². The zero-order chi connectivity index (χ0) is 29.6. The summed E-state index contributed by atoms with van der Waals surface area (Å²) in [6.45, 7) is 3.21. The highest BCUT2D eigenvalue weighted by atomic mass is 31.2. The van der Waals surface area contributed by atoms with Gasteiger partial charge in [-0.25, -0.2) is 9.36 Å². The van der Waals surface area contributed by atoms with Gasteiger partial charge in [-0.3, -0.25) is 23.7 Å². The Bertz CT molecular complexity index is 1520. The maximum Gasteiger partial charge on any atom is 0.459 e. The van der Waals surface area contributed by atoms with Crippen LogP contribution in [0.4, 0.5) is 4.39 Å². The van der Waals surface area contributed by atoms with Crippen molar-refractivity contribution < 1.29 is 37.4 Å². The number of H-pyrrole nitrogens is 1. The molecule has 1 aromatic heterocycles. The van der Waals surface area contributed by atoms with Crippen molar-refractivity contribution in [1.29, 1.82) is 0 Å². The number of carbonyl (C=O) groups is 1. The summed E-state index contributed by atoms with van der Waals surface area (Å²) >= 11 is 0. The number of aliphatic hydroxyl groups is 1. The molecule has 0 bridgehead atoms. The maximum atomic E-state index is 14.0. The van der Waals surface area contributed by atoms with E-state index in [2.05, 4.69) is 5.09 Å². The molecule has 1 unspecified atom stereocenters. The number of aromatic amines is 1. The van der Waals surface area contributed by atoms with E-state index in [9.17, 15) is 28.4 Å². The van der Waals surface area contributed by atoms with E-state index in [1.54, 1.807) is 24.3 Å². The Kier molecular flexibility index (Phi) is 10.1. The fourth-order valence-electron chi connectivity index (χ4n) is 4.32. The Balaban J connectivity index is 1.51. The second kappa shape index (κ2) is 13.5. The minimum absolute atomic E-state index is 0.137. The first-order valence-corrected chi connectivity index (χ1v) is 14.9. The fourth-order valence-corrected chi connectivity index (χ4v) is 5.84. The Labute approximate surface area is 235 Å². The van der Waals surface area contributed by atoms with Crippen LogP contribution in [-0.4, -0.2) is 52.1 Å². The third-order valence-corrected chi connectivity index (χ3v) is 8.14. The molecular formula is C27H33FN3O9P. The van der Waals surface area contributed by atoms with Crippen molar-refractivity contribution in [2.75, 3.05) is 13.2 Å². The zero-order valence-corrected chi connectivity index (χ0v) is 23.6. The van der Waals surface area contributed by atoms with Crippen LogP contribution in [0.2, 0.25) is 0 Å². The van der Waals surface area contributed by atoms with Crippen molar-refractivity contribution in [2.45, 2.75) is 64.0 Å². The van der Waals surface area contributed by atoms with Crippen LogP contribution >= 0.6 is 7.75 Å². The lowest BCUT2D eigenvalue weighted by Crippen LogP contribution is -2.36. The molecule has 1 aliphatic heterocycles. The summed E-state index contributed by atoms with van der Waals surface area (Å²) in [5.41, 5.74) is -2.10. The minimum atomic E-state index is -4.31. The van der Waals surface area contributed by atoms with Crippen LogP contribution in [0.5, 0.6) is 5.75 Å². The topological polar surface area (TPSA) is 158 Å². The molecule has 0 radical (unpaired) electrons. The van der Waals surface area contributed by atoms with Gasteiger partial charge in [0.25, 0.3) is 5.56 Å². The highest BCUT2D eigenvalue weighted by Gasteiger charge is 2.40. The van der Waals surface area contributed by atoms with Crippen molar-refractivity contribution in [3.63, 3.8) is 0 Å². The lowest BCUT2D eigenvalue weighted by atomic mass is 10.1. The molecule has 14 heteroatoms. The Morgan fingerprint density at radius 3 is 2.78 bits per heavy atom. The average Bonchev–Trinajstić information content (AvgIpc) is 3.32. The Hall–Kier alpha value is -3.35. The van der Waals surface area contributed by atoms with E-state index in [-0.39, 0.29) is 18.8 Å². The van der Waals surface area contributed by atoms with Gasteiger partial charge in [0.1, 0.15) is 24.1 Å². The predicted octanol–water partition coefficient (Wildman–Crippen LogP) is 3.39. The molecule has 0 saturated carbocycles. The molecule has 222 valence electrons. The molecule has 3 aromatic rings. The third-order valence-electron chi connectivity index (χ3n) is 6.51. The highest BCUT2D eigenvalue weighted by molar-refractivity contribution is 7.52. The van der Waals surface area contributed by atoms with Gasteiger partial charge in [-0.2, -0.15) is 9.48 Å². The van der Waals surface area contributed by atoms with Gasteiger partial charge < -0.3 is 19.1 Å². The van der Waals surface area contributed by atoms with Crippen LogP contribution in [-0.2, 0) is 23.4 Å². The zero-order valence-electron chi connectivity index (χ0n) is 22.7. The van der Waals surface area contributed by atoms with Gasteiger partial charge in [0, 0.05) is 11.8 Å². The number of rotatable bonds is 13. The van der Waals surface area contributed by atoms with Crippen molar-refractivity contribution >= 4 is 24.5 Å². The number of aliphatic hydroxyl groups excluding tert-OH is 1. The molecule has 1 fully saturated rings. The number of unbranched alkanes of at least 4 members (excludes halogenated alkanes) is 2. The summed E-state index contributed by atoms with van der Waals surface area (Å²) in [7, 11) is -4.31. The SMILES string of the molecule is CCCCCOC(=O)[C@H](C)NP(=O)(OC[C@H]1O[C@@H](n2cc(F)c(=O)[nH]c2=O)C[C@H]1O)Oc1cccc2ccccc12. The summed E-state index contributed by atoms with van der Waals surface area (Å²) in [5.74, 6) is -1.62. The number of carbonyl (C=O) groups excluding carboxylic acids is 1. The lowest BCUT2D eigenvalue weighted by Gasteiger charge is -2.25. The Morgan fingerprint density at radius 2 is 2.00 bits per heavy atom. The summed E-state index contributed by atoms with van der Waals surface area (Å²) in [6.07, 6.45) is -0.346. The van der Waals surface area contributed by atoms with E-state index >= 15 is 0 Å². The Morgan fingerprint density at radius 1 is 1.24 bits per heavy atom. The first-order chi connectivity index (χ1) is 19.6. The quantitative estimate of drug-likeness (QED) is 0.152. The van der Waals surface area contributed by atoms with Crippen LogP contribution in [0, 0.1) is 5.82 Å². The van der Waals surface area contributed by atoms with Crippen LogP contribution < -0.4 is 20.9 Å². The molecule has 12 nitrogen and oxygen atoms in total. The van der Waals surface area contributed by atoms with Gasteiger partial charge in [0.2, 0.25) is 5.82 Å². The first kappa shape index (κ1) is 30.6. The van der Waals surface area contributed by atoms with Gasteiger partial charge in [-0.15, -0.1) is 0 Å². The number of hydrogen-bond acceptors (Lipinski definition) is 9. The van der Waals surface area contributed by atoms with Gasteiger partial charge in [0.15, 0.2) is 0 Å². The lowest BCUT2D eigenvalue weighted by molar-refractivity contribution is -0.145. The summed E-state index contributed by atoms with van der Waals surface area (Å²) in [6, 6.07) is 11.3. The number of hydrogen-bond donors (Lipinski definition) is 3. The van der Waals surface area contributed by atoms with Gasteiger partial charge in [0.05, 0.1) is 25.5 Å². The van der Waals surface area contributed by atoms with Crippen LogP contribution in [0.25, 0.3) is 10.8 Å². The predicted molar refractivity (Wildman–Crippen MR) is 147 cm³/mol. The molecular weight excluding hydrogens is 560 g/mol. The van der Waals surface area contributed by atoms with Crippen molar-refractivity contribution in [2.24, 2.45) is 0 Å². The molecule has 0 aliphatic carbocycles. The summed E-state index contributed by atoms with van der Waals surface area (Å²) in [4.78, 5) is 37.9. The number of aromatic nitrogens is 2. The first-order valence-electron chi connectivity index (χ1n) is 13.3. The number of nitrogens with one attached hydrogen (secondary N) is 2. The third kappa shape index (κ3) is 7.69.